The van der Waals surface area contributed by atoms with Gasteiger partial charge in [0.25, 0.3) is 5.91 Å². The first-order valence-electron chi connectivity index (χ1n) is 13.4. The Labute approximate surface area is 236 Å². The Balaban J connectivity index is 1.59. The number of hydrogen-bond acceptors (Lipinski definition) is 6. The molecule has 3 aromatic rings. The molecule has 0 radical (unpaired) electrons. The van der Waals surface area contributed by atoms with Crippen molar-refractivity contribution in [1.82, 2.24) is 14.5 Å². The maximum absolute atomic E-state index is 12.6. The number of aromatic nitrogens is 2. The van der Waals surface area contributed by atoms with Gasteiger partial charge in [-0.15, -0.1) is 13.2 Å². The van der Waals surface area contributed by atoms with E-state index in [0.717, 1.165) is 29.7 Å². The number of halogens is 3. The number of aliphatic carboxylic acids is 1. The smallest absolute Gasteiger partial charge is 0.484 e. The van der Waals surface area contributed by atoms with E-state index in [-0.39, 0.29) is 17.8 Å². The molecule has 2 atom stereocenters. The minimum absolute atomic E-state index is 0.210. The number of carbonyl (C=O) groups is 2. The summed E-state index contributed by atoms with van der Waals surface area (Å²) < 4.78 is 49.4. The van der Waals surface area contributed by atoms with Gasteiger partial charge in [0, 0.05) is 25.3 Å². The lowest BCUT2D eigenvalue weighted by atomic mass is 9.68. The van der Waals surface area contributed by atoms with Crippen molar-refractivity contribution in [3.8, 4) is 11.5 Å². The average Bonchev–Trinajstić information content (AvgIpc) is 3.17. The van der Waals surface area contributed by atoms with Crippen LogP contribution in [-0.2, 0) is 16.1 Å². The van der Waals surface area contributed by atoms with Crippen LogP contribution in [0, 0.1) is 17.3 Å². The summed E-state index contributed by atoms with van der Waals surface area (Å²) in [7, 11) is 1.39. The van der Waals surface area contributed by atoms with Crippen LogP contribution in [0.4, 0.5) is 24.8 Å². The summed E-state index contributed by atoms with van der Waals surface area (Å²) in [5, 5.41) is 12.1. The van der Waals surface area contributed by atoms with Crippen LogP contribution in [-0.4, -0.2) is 58.0 Å². The van der Waals surface area contributed by atoms with E-state index in [0.29, 0.717) is 41.3 Å². The van der Waals surface area contributed by atoms with Gasteiger partial charge in [-0.1, -0.05) is 20.8 Å². The molecule has 1 aromatic heterocycles. The summed E-state index contributed by atoms with van der Waals surface area (Å²) in [4.78, 5) is 28.9. The van der Waals surface area contributed by atoms with Gasteiger partial charge in [0.05, 0.1) is 11.0 Å². The van der Waals surface area contributed by atoms with Crippen molar-refractivity contribution < 1.29 is 37.3 Å². The van der Waals surface area contributed by atoms with E-state index in [2.05, 4.69) is 35.4 Å². The SMILES string of the molecule is C[C@H]1C[C@@H](Cn2c(Nc3ccc(OC(F)(F)F)cc3)nc3cc(OCC(=O)N(C)CC(=O)O)ccc32)CC(C)(C)C1. The maximum Gasteiger partial charge on any atom is 0.573 e. The van der Waals surface area contributed by atoms with Gasteiger partial charge in [-0.05, 0) is 72.9 Å². The van der Waals surface area contributed by atoms with Gasteiger partial charge in [-0.3, -0.25) is 9.59 Å². The highest BCUT2D eigenvalue weighted by Crippen LogP contribution is 2.43. The molecule has 2 N–H and O–H groups in total. The molecule has 0 spiro atoms. The summed E-state index contributed by atoms with van der Waals surface area (Å²) >= 11 is 0. The fourth-order valence-corrected chi connectivity index (χ4v) is 5.84. The maximum atomic E-state index is 12.6. The van der Waals surface area contributed by atoms with Gasteiger partial charge in [-0.25, -0.2) is 4.98 Å². The van der Waals surface area contributed by atoms with Crippen LogP contribution in [0.1, 0.15) is 40.0 Å². The Hall–Kier alpha value is -3.96. The minimum atomic E-state index is -4.77. The number of alkyl halides is 3. The third-order valence-electron chi connectivity index (χ3n) is 7.14. The Morgan fingerprint density at radius 2 is 1.83 bits per heavy atom. The predicted molar refractivity (Wildman–Crippen MR) is 147 cm³/mol. The molecule has 1 fully saturated rings. The lowest BCUT2D eigenvalue weighted by molar-refractivity contribution is -0.274. The first-order valence-corrected chi connectivity index (χ1v) is 13.4. The third-order valence-corrected chi connectivity index (χ3v) is 7.14. The van der Waals surface area contributed by atoms with E-state index < -0.39 is 24.8 Å². The number of rotatable bonds is 10. The molecule has 9 nitrogen and oxygen atoms in total. The summed E-state index contributed by atoms with van der Waals surface area (Å²) in [6, 6.07) is 10.7. The largest absolute Gasteiger partial charge is 0.573 e. The third kappa shape index (κ3) is 8.27. The molecule has 0 bridgehead atoms. The molecule has 1 aliphatic rings. The van der Waals surface area contributed by atoms with Crippen molar-refractivity contribution in [3.63, 3.8) is 0 Å². The van der Waals surface area contributed by atoms with Gasteiger partial charge >= 0.3 is 12.3 Å². The molecule has 1 heterocycles. The second-order valence-corrected chi connectivity index (χ2v) is 11.6. The molecular weight excluding hydrogens is 541 g/mol. The normalized spacial score (nSPS) is 18.6. The van der Waals surface area contributed by atoms with E-state index in [1.165, 1.54) is 31.3 Å². The molecule has 1 saturated carbocycles. The number of nitrogens with one attached hydrogen (secondary N) is 1. The number of likely N-dealkylation sites (N-methyl/N-ethyl adjacent to an activating group) is 1. The molecule has 2 aromatic carbocycles. The van der Waals surface area contributed by atoms with Crippen LogP contribution in [0.15, 0.2) is 42.5 Å². The molecule has 0 aliphatic heterocycles. The van der Waals surface area contributed by atoms with Crippen LogP contribution in [0.2, 0.25) is 0 Å². The summed E-state index contributed by atoms with van der Waals surface area (Å²) in [5.74, 6) is -0.0268. The number of carbonyl (C=O) groups excluding carboxylic acids is 1. The Bertz CT molecular complexity index is 1390. The second-order valence-electron chi connectivity index (χ2n) is 11.6. The van der Waals surface area contributed by atoms with Crippen LogP contribution in [0.3, 0.4) is 0 Å². The summed E-state index contributed by atoms with van der Waals surface area (Å²) in [6.07, 6.45) is -1.50. The molecule has 222 valence electrons. The Morgan fingerprint density at radius 3 is 2.46 bits per heavy atom. The van der Waals surface area contributed by atoms with Gasteiger partial charge in [0.15, 0.2) is 6.61 Å². The average molecular weight is 577 g/mol. The molecule has 12 heteroatoms. The molecule has 1 amide bonds. The van der Waals surface area contributed by atoms with Crippen molar-refractivity contribution in [2.45, 2.75) is 52.9 Å². The van der Waals surface area contributed by atoms with E-state index in [9.17, 15) is 22.8 Å². The molecule has 0 saturated heterocycles. The quantitative estimate of drug-likeness (QED) is 0.302. The van der Waals surface area contributed by atoms with Crippen LogP contribution >= 0.6 is 0 Å². The van der Waals surface area contributed by atoms with Crippen LogP contribution in [0.5, 0.6) is 11.5 Å². The zero-order valence-corrected chi connectivity index (χ0v) is 23.5. The lowest BCUT2D eigenvalue weighted by Gasteiger charge is -2.39. The Morgan fingerprint density at radius 1 is 1.15 bits per heavy atom. The number of hydrogen-bond donors (Lipinski definition) is 2. The number of amides is 1. The van der Waals surface area contributed by atoms with Crippen molar-refractivity contribution in [1.29, 1.82) is 0 Å². The van der Waals surface area contributed by atoms with Gasteiger partial charge in [0.2, 0.25) is 5.95 Å². The summed E-state index contributed by atoms with van der Waals surface area (Å²) in [5.41, 5.74) is 2.19. The number of nitrogens with zero attached hydrogens (tertiary/aromatic N) is 3. The standard InChI is InChI=1S/C29H35F3N4O5/c1-18-11-19(14-28(2,3)13-18)15-36-24-10-9-22(40-17-25(37)35(4)16-26(38)39)12-23(24)34-27(36)33-20-5-7-21(8-6-20)41-29(30,31)32/h5-10,12,18-19H,11,13-17H2,1-4H3,(H,33,34)(H,38,39)/t18-,19+/m0/s1. The number of benzene rings is 2. The highest BCUT2D eigenvalue weighted by molar-refractivity contribution is 5.83. The van der Waals surface area contributed by atoms with E-state index in [1.54, 1.807) is 12.1 Å². The monoisotopic (exact) mass is 576 g/mol. The summed E-state index contributed by atoms with van der Waals surface area (Å²) in [6.45, 7) is 6.76. The predicted octanol–water partition coefficient (Wildman–Crippen LogP) is 6.06. The number of carboxylic acids is 1. The van der Waals surface area contributed by atoms with E-state index in [1.807, 2.05) is 6.07 Å². The molecule has 4 rings (SSSR count). The van der Waals surface area contributed by atoms with E-state index in [4.69, 9.17) is 14.8 Å². The molecule has 41 heavy (non-hydrogen) atoms. The fourth-order valence-electron chi connectivity index (χ4n) is 5.84. The number of carboxylic acid groups (broad SMARTS) is 1. The fraction of sp³-hybridized carbons (Fsp3) is 0.483. The molecule has 0 unspecified atom stereocenters. The van der Waals surface area contributed by atoms with Gasteiger partial charge in [-0.2, -0.15) is 0 Å². The Kier molecular flexibility index (Phi) is 8.69. The van der Waals surface area contributed by atoms with Crippen molar-refractivity contribution >= 4 is 34.5 Å². The van der Waals surface area contributed by atoms with Gasteiger partial charge < -0.3 is 29.4 Å². The number of anilines is 2. The first-order chi connectivity index (χ1) is 19.2. The van der Waals surface area contributed by atoms with Crippen LogP contribution < -0.4 is 14.8 Å². The highest BCUT2D eigenvalue weighted by Gasteiger charge is 2.33. The molecular formula is C29H35F3N4O5. The van der Waals surface area contributed by atoms with Gasteiger partial charge in [0.1, 0.15) is 18.0 Å². The van der Waals surface area contributed by atoms with Crippen molar-refractivity contribution in [3.05, 3.63) is 42.5 Å². The highest BCUT2D eigenvalue weighted by atomic mass is 19.4. The van der Waals surface area contributed by atoms with Crippen molar-refractivity contribution in [2.75, 3.05) is 25.5 Å². The zero-order valence-electron chi connectivity index (χ0n) is 23.5. The van der Waals surface area contributed by atoms with Crippen molar-refractivity contribution in [2.24, 2.45) is 17.3 Å². The first kappa shape index (κ1) is 30.0. The van der Waals surface area contributed by atoms with Crippen LogP contribution in [0.25, 0.3) is 11.0 Å². The molecule has 1 aliphatic carbocycles. The van der Waals surface area contributed by atoms with E-state index >= 15 is 0 Å². The zero-order chi connectivity index (χ0) is 29.9. The second kappa shape index (κ2) is 11.9. The topological polar surface area (TPSA) is 106 Å². The number of fused-ring (bicyclic) bond motifs is 1. The number of ether oxygens (including phenoxy) is 2. The number of imidazole rings is 1. The lowest BCUT2D eigenvalue weighted by Crippen LogP contribution is -2.35. The minimum Gasteiger partial charge on any atom is -0.484 e.